The quantitative estimate of drug-likeness (QED) is 0.613. The molecule has 0 radical (unpaired) electrons. The summed E-state index contributed by atoms with van der Waals surface area (Å²) < 4.78 is 51.0. The largest absolute Gasteiger partial charge is 0.379 e. The summed E-state index contributed by atoms with van der Waals surface area (Å²) in [5.41, 5.74) is -0.257. The van der Waals surface area contributed by atoms with Gasteiger partial charge in [0.15, 0.2) is 21.8 Å². The van der Waals surface area contributed by atoms with Crippen molar-refractivity contribution in [3.63, 3.8) is 0 Å². The molecule has 4 rings (SSSR count). The third-order valence-corrected chi connectivity index (χ3v) is 7.49. The standard InChI is InChI=1S/C19H27FN4O6S/c1-19(2)10-17(23(3)30-19)31(26,27)11-15-12-8-14(13(20)9-16(12)29-22-15)21-18(25)24-4-6-28-7-5-24/h8-9,17-18,21,25H,4-7,10-11H2,1-3H3. The van der Waals surface area contributed by atoms with Gasteiger partial charge in [-0.25, -0.2) is 12.8 Å². The fraction of sp³-hybridized carbons (Fsp3) is 0.632. The number of fused-ring (bicyclic) bond motifs is 1. The molecule has 0 amide bonds. The van der Waals surface area contributed by atoms with Gasteiger partial charge in [-0.3, -0.25) is 9.74 Å². The summed E-state index contributed by atoms with van der Waals surface area (Å²) in [5, 5.41) is 17.9. The lowest BCUT2D eigenvalue weighted by Gasteiger charge is -2.31. The van der Waals surface area contributed by atoms with Crippen LogP contribution in [-0.2, 0) is 25.2 Å². The molecule has 2 fully saturated rings. The average Bonchev–Trinajstić information content (AvgIpc) is 3.21. The summed E-state index contributed by atoms with van der Waals surface area (Å²) >= 11 is 0. The summed E-state index contributed by atoms with van der Waals surface area (Å²) in [5.74, 6) is -1.03. The van der Waals surface area contributed by atoms with E-state index in [1.165, 1.54) is 11.1 Å². The first-order chi connectivity index (χ1) is 14.6. The van der Waals surface area contributed by atoms with Crippen molar-refractivity contribution in [1.29, 1.82) is 0 Å². The van der Waals surface area contributed by atoms with Crippen molar-refractivity contribution in [2.24, 2.45) is 0 Å². The molecule has 0 spiro atoms. The number of sulfone groups is 1. The second kappa shape index (κ2) is 8.26. The highest BCUT2D eigenvalue weighted by Crippen LogP contribution is 2.34. The van der Waals surface area contributed by atoms with Crippen molar-refractivity contribution in [3.05, 3.63) is 23.6 Å². The number of morpholine rings is 1. The van der Waals surface area contributed by atoms with Crippen molar-refractivity contribution in [2.75, 3.05) is 38.7 Å². The van der Waals surface area contributed by atoms with Crippen LogP contribution in [0.1, 0.15) is 26.0 Å². The van der Waals surface area contributed by atoms with Crippen LogP contribution in [0, 0.1) is 5.82 Å². The highest BCUT2D eigenvalue weighted by molar-refractivity contribution is 7.91. The Hall–Kier alpha value is -1.83. The summed E-state index contributed by atoms with van der Waals surface area (Å²) in [6.07, 6.45) is -0.802. The third kappa shape index (κ3) is 4.69. The number of hydrogen-bond acceptors (Lipinski definition) is 10. The van der Waals surface area contributed by atoms with Gasteiger partial charge in [0, 0.05) is 38.0 Å². The summed E-state index contributed by atoms with van der Waals surface area (Å²) in [4.78, 5) is 7.31. The minimum absolute atomic E-state index is 0.0239. The molecule has 3 heterocycles. The molecule has 2 aromatic rings. The lowest BCUT2D eigenvalue weighted by Crippen LogP contribution is -2.47. The number of aliphatic hydroxyl groups excluding tert-OH is 1. The normalized spacial score (nSPS) is 24.0. The highest BCUT2D eigenvalue weighted by atomic mass is 32.2. The number of hydrogen-bond donors (Lipinski definition) is 2. The van der Waals surface area contributed by atoms with Crippen LogP contribution in [0.5, 0.6) is 0 Å². The lowest BCUT2D eigenvalue weighted by atomic mass is 10.1. The fourth-order valence-electron chi connectivity index (χ4n) is 3.95. The van der Waals surface area contributed by atoms with Gasteiger partial charge in [0.05, 0.1) is 30.3 Å². The van der Waals surface area contributed by atoms with E-state index < -0.39 is 33.0 Å². The maximum absolute atomic E-state index is 14.5. The number of halogens is 1. The summed E-state index contributed by atoms with van der Waals surface area (Å²) in [6.45, 7) is 5.61. The van der Waals surface area contributed by atoms with Crippen molar-refractivity contribution in [2.45, 2.75) is 43.3 Å². The van der Waals surface area contributed by atoms with Gasteiger partial charge in [0.2, 0.25) is 0 Å². The molecule has 1 aromatic carbocycles. The topological polar surface area (TPSA) is 117 Å². The van der Waals surface area contributed by atoms with Crippen molar-refractivity contribution in [3.8, 4) is 0 Å². The number of rotatable bonds is 6. The predicted octanol–water partition coefficient (Wildman–Crippen LogP) is 1.27. The second-order valence-corrected chi connectivity index (χ2v) is 10.6. The first-order valence-corrected chi connectivity index (χ1v) is 11.7. The Morgan fingerprint density at radius 1 is 1.35 bits per heavy atom. The molecule has 0 bridgehead atoms. The van der Waals surface area contributed by atoms with Crippen LogP contribution in [0.25, 0.3) is 11.0 Å². The number of benzene rings is 1. The number of ether oxygens (including phenoxy) is 1. The first-order valence-electron chi connectivity index (χ1n) is 10.0. The van der Waals surface area contributed by atoms with Gasteiger partial charge in [0.1, 0.15) is 16.9 Å². The first kappa shape index (κ1) is 22.4. The van der Waals surface area contributed by atoms with Gasteiger partial charge in [-0.2, -0.15) is 5.06 Å². The number of aliphatic hydroxyl groups is 1. The predicted molar refractivity (Wildman–Crippen MR) is 110 cm³/mol. The van der Waals surface area contributed by atoms with Gasteiger partial charge >= 0.3 is 0 Å². The fourth-order valence-corrected chi connectivity index (χ4v) is 5.88. The maximum atomic E-state index is 14.5. The molecule has 2 saturated heterocycles. The van der Waals surface area contributed by atoms with Gasteiger partial charge in [-0.15, -0.1) is 0 Å². The molecule has 0 saturated carbocycles. The van der Waals surface area contributed by atoms with E-state index in [1.54, 1.807) is 11.9 Å². The number of anilines is 1. The van der Waals surface area contributed by atoms with Gasteiger partial charge in [0.25, 0.3) is 0 Å². The van der Waals surface area contributed by atoms with Gasteiger partial charge < -0.3 is 19.7 Å². The Labute approximate surface area is 179 Å². The molecular formula is C19H27FN4O6S. The molecular weight excluding hydrogens is 431 g/mol. The SMILES string of the molecule is CN1OC(C)(C)CC1S(=O)(=O)Cc1noc2cc(F)c(NC(O)N3CCOCC3)cc12. The van der Waals surface area contributed by atoms with Crippen LogP contribution in [0.3, 0.4) is 0 Å². The van der Waals surface area contributed by atoms with E-state index in [0.717, 1.165) is 6.07 Å². The molecule has 31 heavy (non-hydrogen) atoms. The van der Waals surface area contributed by atoms with Crippen LogP contribution in [0.2, 0.25) is 0 Å². The minimum Gasteiger partial charge on any atom is -0.379 e. The molecule has 2 aliphatic heterocycles. The lowest BCUT2D eigenvalue weighted by molar-refractivity contribution is -0.168. The second-order valence-electron chi connectivity index (χ2n) is 8.49. The molecule has 10 nitrogen and oxygen atoms in total. The minimum atomic E-state index is -3.67. The van der Waals surface area contributed by atoms with Gasteiger partial charge in [-0.1, -0.05) is 5.16 Å². The van der Waals surface area contributed by atoms with Gasteiger partial charge in [-0.05, 0) is 19.9 Å². The van der Waals surface area contributed by atoms with Crippen molar-refractivity contribution >= 4 is 26.5 Å². The number of nitrogens with zero attached hydrogens (tertiary/aromatic N) is 3. The average molecular weight is 459 g/mol. The van der Waals surface area contributed by atoms with Crippen LogP contribution < -0.4 is 5.32 Å². The summed E-state index contributed by atoms with van der Waals surface area (Å²) in [7, 11) is -2.08. The third-order valence-electron chi connectivity index (χ3n) is 5.53. The molecule has 2 N–H and O–H groups in total. The molecule has 1 aromatic heterocycles. The van der Waals surface area contributed by atoms with E-state index in [1.807, 2.05) is 13.8 Å². The number of hydroxylamine groups is 2. The van der Waals surface area contributed by atoms with E-state index >= 15 is 0 Å². The zero-order chi connectivity index (χ0) is 22.4. The number of nitrogens with one attached hydrogen (secondary N) is 1. The van der Waals surface area contributed by atoms with E-state index in [4.69, 9.17) is 14.1 Å². The molecule has 2 aliphatic rings. The van der Waals surface area contributed by atoms with Crippen molar-refractivity contribution in [1.82, 2.24) is 15.1 Å². The number of aromatic nitrogens is 1. The smallest absolute Gasteiger partial charge is 0.184 e. The molecule has 0 aliphatic carbocycles. The van der Waals surface area contributed by atoms with Crippen LogP contribution >= 0.6 is 0 Å². The van der Waals surface area contributed by atoms with E-state index in [0.29, 0.717) is 38.1 Å². The monoisotopic (exact) mass is 458 g/mol. The Bertz CT molecular complexity index is 1050. The zero-order valence-electron chi connectivity index (χ0n) is 17.7. The Morgan fingerprint density at radius 3 is 2.71 bits per heavy atom. The summed E-state index contributed by atoms with van der Waals surface area (Å²) in [6, 6.07) is 2.54. The van der Waals surface area contributed by atoms with Crippen LogP contribution in [0.15, 0.2) is 16.7 Å². The van der Waals surface area contributed by atoms with E-state index in [-0.39, 0.29) is 22.7 Å². The maximum Gasteiger partial charge on any atom is 0.184 e. The highest BCUT2D eigenvalue weighted by Gasteiger charge is 2.44. The molecule has 12 heteroatoms. The van der Waals surface area contributed by atoms with Crippen molar-refractivity contribution < 1.29 is 32.0 Å². The van der Waals surface area contributed by atoms with Crippen LogP contribution in [-0.4, -0.2) is 79.3 Å². The zero-order valence-corrected chi connectivity index (χ0v) is 18.5. The van der Waals surface area contributed by atoms with E-state index in [2.05, 4.69) is 10.5 Å². The molecule has 2 atom stereocenters. The Kier molecular flexibility index (Phi) is 5.96. The molecule has 2 unspecified atom stereocenters. The Balaban J connectivity index is 1.57. The Morgan fingerprint density at radius 2 is 2.06 bits per heavy atom. The van der Waals surface area contributed by atoms with Crippen LogP contribution in [0.4, 0.5) is 10.1 Å². The molecule has 172 valence electrons. The van der Waals surface area contributed by atoms with E-state index in [9.17, 15) is 17.9 Å².